The van der Waals surface area contributed by atoms with Gasteiger partial charge >= 0.3 is 0 Å². The first-order valence-corrected chi connectivity index (χ1v) is 9.59. The molecule has 0 spiro atoms. The Morgan fingerprint density at radius 3 is 2.12 bits per heavy atom. The molecule has 1 nitrogen and oxygen atoms in total. The van der Waals surface area contributed by atoms with Crippen LogP contribution in [0, 0.1) is 53.2 Å². The number of hydrogen-bond donors (Lipinski definition) is 0. The van der Waals surface area contributed by atoms with Crippen LogP contribution in [-0.2, 0) is 0 Å². The molecule has 25 heavy (non-hydrogen) atoms. The molecule has 0 aliphatic heterocycles. The average Bonchev–Trinajstić information content (AvgIpc) is 2.64. The Morgan fingerprint density at radius 2 is 1.52 bits per heavy atom. The van der Waals surface area contributed by atoms with Gasteiger partial charge in [-0.25, -0.2) is 4.39 Å². The van der Waals surface area contributed by atoms with Gasteiger partial charge in [0, 0.05) is 5.92 Å². The van der Waals surface area contributed by atoms with Crippen LogP contribution in [0.5, 0.6) is 0 Å². The SMILES string of the molecule is CCC1CCC(C2CCC(C#Cc3cc(F)c(F)nc3F)CC2)CC1. The van der Waals surface area contributed by atoms with Crippen molar-refractivity contribution < 1.29 is 13.2 Å². The third-order valence-corrected chi connectivity index (χ3v) is 6.20. The predicted molar refractivity (Wildman–Crippen MR) is 92.2 cm³/mol. The smallest absolute Gasteiger partial charge is 0.202 e. The Hall–Kier alpha value is -1.50. The summed E-state index contributed by atoms with van der Waals surface area (Å²) in [6, 6.07) is 0.794. The molecule has 0 bridgehead atoms. The molecule has 0 N–H and O–H groups in total. The van der Waals surface area contributed by atoms with Gasteiger partial charge in [-0.2, -0.15) is 13.8 Å². The Morgan fingerprint density at radius 1 is 0.920 bits per heavy atom. The summed E-state index contributed by atoms with van der Waals surface area (Å²) in [6.07, 6.45) is 11.2. The van der Waals surface area contributed by atoms with E-state index in [-0.39, 0.29) is 11.5 Å². The van der Waals surface area contributed by atoms with Gasteiger partial charge in [-0.1, -0.05) is 38.0 Å². The molecule has 0 aromatic carbocycles. The van der Waals surface area contributed by atoms with Crippen molar-refractivity contribution in [2.75, 3.05) is 0 Å². The second kappa shape index (κ2) is 8.25. The summed E-state index contributed by atoms with van der Waals surface area (Å²) in [5.41, 5.74) is -0.154. The molecule has 0 unspecified atom stereocenters. The number of aromatic nitrogens is 1. The third-order valence-electron chi connectivity index (χ3n) is 6.20. The van der Waals surface area contributed by atoms with E-state index in [0.29, 0.717) is 0 Å². The lowest BCUT2D eigenvalue weighted by Crippen LogP contribution is -2.25. The van der Waals surface area contributed by atoms with Crippen LogP contribution in [0.4, 0.5) is 13.2 Å². The highest BCUT2D eigenvalue weighted by molar-refractivity contribution is 5.33. The molecule has 2 saturated carbocycles. The molecule has 1 aromatic rings. The van der Waals surface area contributed by atoms with Crippen LogP contribution >= 0.6 is 0 Å². The van der Waals surface area contributed by atoms with Crippen molar-refractivity contribution >= 4 is 0 Å². The van der Waals surface area contributed by atoms with Gasteiger partial charge < -0.3 is 0 Å². The first-order chi connectivity index (χ1) is 12.1. The van der Waals surface area contributed by atoms with E-state index in [0.717, 1.165) is 36.7 Å². The lowest BCUT2D eigenvalue weighted by Gasteiger charge is -2.36. The van der Waals surface area contributed by atoms with E-state index in [2.05, 4.69) is 23.7 Å². The summed E-state index contributed by atoms with van der Waals surface area (Å²) in [4.78, 5) is 2.91. The minimum atomic E-state index is -1.42. The van der Waals surface area contributed by atoms with Crippen molar-refractivity contribution in [3.63, 3.8) is 0 Å². The number of rotatable bonds is 2. The van der Waals surface area contributed by atoms with E-state index >= 15 is 0 Å². The number of hydrogen-bond acceptors (Lipinski definition) is 1. The summed E-state index contributed by atoms with van der Waals surface area (Å²) >= 11 is 0. The van der Waals surface area contributed by atoms with Crippen LogP contribution in [0.1, 0.15) is 70.3 Å². The summed E-state index contributed by atoms with van der Waals surface area (Å²) in [5, 5.41) is 0. The molecule has 0 atom stereocenters. The number of nitrogens with zero attached hydrogens (tertiary/aromatic N) is 1. The fraction of sp³-hybridized carbons (Fsp3) is 0.667. The Labute approximate surface area is 148 Å². The Bertz CT molecular complexity index is 645. The molecule has 0 radical (unpaired) electrons. The van der Waals surface area contributed by atoms with E-state index in [1.54, 1.807) is 0 Å². The molecule has 1 heterocycles. The topological polar surface area (TPSA) is 12.9 Å². The normalized spacial score (nSPS) is 29.8. The minimum absolute atomic E-state index is 0.154. The fourth-order valence-electron chi connectivity index (χ4n) is 4.52. The molecule has 0 saturated heterocycles. The minimum Gasteiger partial charge on any atom is -0.202 e. The van der Waals surface area contributed by atoms with Crippen molar-refractivity contribution in [3.05, 3.63) is 29.3 Å². The van der Waals surface area contributed by atoms with Crippen molar-refractivity contribution in [2.45, 2.75) is 64.7 Å². The molecule has 1 aromatic heterocycles. The van der Waals surface area contributed by atoms with Crippen molar-refractivity contribution in [2.24, 2.45) is 23.7 Å². The maximum Gasteiger partial charge on any atom is 0.251 e. The maximum atomic E-state index is 13.5. The third kappa shape index (κ3) is 4.57. The van der Waals surface area contributed by atoms with E-state index in [4.69, 9.17) is 0 Å². The van der Waals surface area contributed by atoms with Crippen LogP contribution in [-0.4, -0.2) is 4.98 Å². The van der Waals surface area contributed by atoms with Gasteiger partial charge in [0.1, 0.15) is 0 Å². The standard InChI is InChI=1S/C21H26F3N/c1-2-14-3-8-16(9-4-14)17-10-5-15(6-11-17)7-12-18-13-19(22)21(24)25-20(18)23/h13-17H,2-6,8-11H2,1H3. The second-order valence-corrected chi connectivity index (χ2v) is 7.67. The molecule has 3 rings (SSSR count). The summed E-state index contributed by atoms with van der Waals surface area (Å²) in [5.74, 6) is 4.92. The zero-order valence-corrected chi connectivity index (χ0v) is 14.8. The molecule has 2 fully saturated rings. The molecule has 4 heteroatoms. The summed E-state index contributed by atoms with van der Waals surface area (Å²) in [7, 11) is 0. The highest BCUT2D eigenvalue weighted by Crippen LogP contribution is 2.41. The first kappa shape index (κ1) is 18.3. The first-order valence-electron chi connectivity index (χ1n) is 9.59. The predicted octanol–water partition coefficient (Wildman–Crippen LogP) is 5.87. The average molecular weight is 349 g/mol. The fourth-order valence-corrected chi connectivity index (χ4v) is 4.52. The van der Waals surface area contributed by atoms with Gasteiger partial charge in [-0.3, -0.25) is 0 Å². The molecule has 0 amide bonds. The van der Waals surface area contributed by atoms with E-state index < -0.39 is 17.7 Å². The molecule has 2 aliphatic rings. The van der Waals surface area contributed by atoms with E-state index in [9.17, 15) is 13.2 Å². The molecule has 136 valence electrons. The van der Waals surface area contributed by atoms with Crippen LogP contribution in [0.25, 0.3) is 0 Å². The molecule has 2 aliphatic carbocycles. The van der Waals surface area contributed by atoms with E-state index in [1.807, 2.05) is 0 Å². The summed E-state index contributed by atoms with van der Waals surface area (Å²) < 4.78 is 39.5. The molecular formula is C21H26F3N. The van der Waals surface area contributed by atoms with Gasteiger partial charge in [0.05, 0.1) is 5.56 Å². The monoisotopic (exact) mass is 349 g/mol. The largest absolute Gasteiger partial charge is 0.251 e. The van der Waals surface area contributed by atoms with Crippen LogP contribution in [0.2, 0.25) is 0 Å². The van der Waals surface area contributed by atoms with Gasteiger partial charge in [0.2, 0.25) is 5.95 Å². The Balaban J connectivity index is 1.53. The lowest BCUT2D eigenvalue weighted by atomic mass is 9.69. The highest BCUT2D eigenvalue weighted by atomic mass is 19.2. The van der Waals surface area contributed by atoms with E-state index in [1.165, 1.54) is 44.9 Å². The maximum absolute atomic E-state index is 13.5. The quantitative estimate of drug-likeness (QED) is 0.480. The summed E-state index contributed by atoms with van der Waals surface area (Å²) in [6.45, 7) is 2.29. The van der Waals surface area contributed by atoms with Gasteiger partial charge in [0.25, 0.3) is 5.95 Å². The van der Waals surface area contributed by atoms with Crippen molar-refractivity contribution in [1.29, 1.82) is 0 Å². The zero-order valence-electron chi connectivity index (χ0n) is 14.8. The van der Waals surface area contributed by atoms with Crippen LogP contribution < -0.4 is 0 Å². The van der Waals surface area contributed by atoms with Gasteiger partial charge in [0.15, 0.2) is 5.82 Å². The Kier molecular flexibility index (Phi) is 6.04. The van der Waals surface area contributed by atoms with Crippen LogP contribution in [0.15, 0.2) is 6.07 Å². The van der Waals surface area contributed by atoms with Crippen molar-refractivity contribution in [1.82, 2.24) is 4.98 Å². The van der Waals surface area contributed by atoms with Gasteiger partial charge in [-0.15, -0.1) is 0 Å². The van der Waals surface area contributed by atoms with Crippen LogP contribution in [0.3, 0.4) is 0 Å². The second-order valence-electron chi connectivity index (χ2n) is 7.67. The lowest BCUT2D eigenvalue weighted by molar-refractivity contribution is 0.156. The van der Waals surface area contributed by atoms with Gasteiger partial charge in [-0.05, 0) is 62.3 Å². The zero-order chi connectivity index (χ0) is 17.8. The number of halogens is 3. The number of pyridine rings is 1. The molecular weight excluding hydrogens is 323 g/mol. The highest BCUT2D eigenvalue weighted by Gasteiger charge is 2.30. The van der Waals surface area contributed by atoms with Crippen molar-refractivity contribution in [3.8, 4) is 11.8 Å².